The van der Waals surface area contributed by atoms with Crippen LogP contribution in [0.2, 0.25) is 0 Å². The normalized spacial score (nSPS) is 17.0. The predicted molar refractivity (Wildman–Crippen MR) is 88.6 cm³/mol. The lowest BCUT2D eigenvalue weighted by Crippen LogP contribution is -2.35. The third-order valence-corrected chi connectivity index (χ3v) is 4.22. The molecule has 1 aliphatic rings. The molecule has 2 aromatic rings. The Kier molecular flexibility index (Phi) is 4.74. The monoisotopic (exact) mass is 311 g/mol. The number of benzene rings is 2. The molecule has 2 N–H and O–H groups in total. The lowest BCUT2D eigenvalue weighted by atomic mass is 9.84. The van der Waals surface area contributed by atoms with Gasteiger partial charge in [0.2, 0.25) is 0 Å². The van der Waals surface area contributed by atoms with Crippen LogP contribution in [0.3, 0.4) is 0 Å². The van der Waals surface area contributed by atoms with Crippen molar-refractivity contribution in [2.75, 3.05) is 7.11 Å². The Hall–Kier alpha value is -2.17. The predicted octanol–water partition coefficient (Wildman–Crippen LogP) is 2.87. The summed E-state index contributed by atoms with van der Waals surface area (Å²) >= 11 is 0. The van der Waals surface area contributed by atoms with Crippen molar-refractivity contribution in [2.24, 2.45) is 5.73 Å². The van der Waals surface area contributed by atoms with Gasteiger partial charge in [-0.2, -0.15) is 0 Å². The number of carbonyl (C=O) groups is 1. The molecule has 0 saturated carbocycles. The number of ether oxygens (including phenoxy) is 2. The smallest absolute Gasteiger partial charge is 0.179 e. The van der Waals surface area contributed by atoms with Crippen molar-refractivity contribution in [2.45, 2.75) is 32.1 Å². The molecule has 3 rings (SSSR count). The minimum absolute atomic E-state index is 0.0122. The largest absolute Gasteiger partial charge is 0.489 e. The Morgan fingerprint density at radius 1 is 1.13 bits per heavy atom. The van der Waals surface area contributed by atoms with Crippen LogP contribution in [0.25, 0.3) is 0 Å². The van der Waals surface area contributed by atoms with E-state index in [-0.39, 0.29) is 5.78 Å². The quantitative estimate of drug-likeness (QED) is 0.922. The third-order valence-electron chi connectivity index (χ3n) is 4.22. The van der Waals surface area contributed by atoms with Crippen LogP contribution in [0.1, 0.15) is 33.5 Å². The van der Waals surface area contributed by atoms with Gasteiger partial charge in [-0.3, -0.25) is 4.79 Å². The van der Waals surface area contributed by atoms with Gasteiger partial charge in [0.15, 0.2) is 5.78 Å². The Morgan fingerprint density at radius 3 is 2.65 bits per heavy atom. The van der Waals surface area contributed by atoms with E-state index in [4.69, 9.17) is 15.2 Å². The van der Waals surface area contributed by atoms with E-state index in [0.717, 1.165) is 28.9 Å². The molecule has 0 aliphatic heterocycles. The van der Waals surface area contributed by atoms with Crippen LogP contribution >= 0.6 is 0 Å². The van der Waals surface area contributed by atoms with Gasteiger partial charge in [-0.15, -0.1) is 0 Å². The van der Waals surface area contributed by atoms with Gasteiger partial charge in [0.05, 0.1) is 12.6 Å². The summed E-state index contributed by atoms with van der Waals surface area (Å²) in [5.74, 6) is 0.788. The van der Waals surface area contributed by atoms with Crippen LogP contribution in [0, 0.1) is 0 Å². The van der Waals surface area contributed by atoms with Crippen LogP contribution in [0.5, 0.6) is 5.75 Å². The van der Waals surface area contributed by atoms with E-state index < -0.39 is 6.04 Å². The number of rotatable bonds is 5. The maximum atomic E-state index is 12.3. The number of nitrogens with two attached hydrogens (primary N) is 1. The fourth-order valence-corrected chi connectivity index (χ4v) is 2.99. The number of ketones is 1. The molecule has 0 bridgehead atoms. The molecule has 1 aliphatic carbocycles. The highest BCUT2D eigenvalue weighted by molar-refractivity contribution is 6.02. The van der Waals surface area contributed by atoms with E-state index in [1.54, 1.807) is 7.11 Å². The molecule has 0 fully saturated rings. The maximum absolute atomic E-state index is 12.3. The standard InChI is InChI=1S/C19H21NO3/c1-22-12-16-14-7-9-17(20)19(21)15(14)8-10-18(16)23-11-13-5-3-2-4-6-13/h2-6,8,10,17H,7,9,11-12,20H2,1H3. The fraction of sp³-hybridized carbons (Fsp3) is 0.316. The minimum atomic E-state index is -0.394. The lowest BCUT2D eigenvalue weighted by molar-refractivity contribution is 0.0947. The lowest BCUT2D eigenvalue weighted by Gasteiger charge is -2.24. The minimum Gasteiger partial charge on any atom is -0.489 e. The van der Waals surface area contributed by atoms with Crippen molar-refractivity contribution in [1.82, 2.24) is 0 Å². The number of methoxy groups -OCH3 is 1. The summed E-state index contributed by atoms with van der Waals surface area (Å²) < 4.78 is 11.3. The van der Waals surface area contributed by atoms with Crippen molar-refractivity contribution in [1.29, 1.82) is 0 Å². The first-order valence-electron chi connectivity index (χ1n) is 7.81. The zero-order chi connectivity index (χ0) is 16.2. The SMILES string of the molecule is COCc1c(OCc2ccccc2)ccc2c1CCC(N)C2=O. The molecule has 120 valence electrons. The molecule has 1 atom stereocenters. The van der Waals surface area contributed by atoms with Crippen molar-refractivity contribution in [3.63, 3.8) is 0 Å². The summed E-state index contributed by atoms with van der Waals surface area (Å²) in [7, 11) is 1.65. The molecule has 0 aromatic heterocycles. The average molecular weight is 311 g/mol. The number of fused-ring (bicyclic) bond motifs is 1. The first-order chi connectivity index (χ1) is 11.2. The van der Waals surface area contributed by atoms with Gasteiger partial charge < -0.3 is 15.2 Å². The van der Waals surface area contributed by atoms with Crippen molar-refractivity contribution < 1.29 is 14.3 Å². The summed E-state index contributed by atoms with van der Waals surface area (Å²) in [6.07, 6.45) is 1.45. The van der Waals surface area contributed by atoms with Gasteiger partial charge in [-0.05, 0) is 36.1 Å². The van der Waals surface area contributed by atoms with Gasteiger partial charge in [-0.1, -0.05) is 30.3 Å². The molecule has 23 heavy (non-hydrogen) atoms. The van der Waals surface area contributed by atoms with E-state index in [1.807, 2.05) is 42.5 Å². The van der Waals surface area contributed by atoms with Crippen LogP contribution in [-0.2, 0) is 24.4 Å². The highest BCUT2D eigenvalue weighted by Gasteiger charge is 2.27. The zero-order valence-corrected chi connectivity index (χ0v) is 13.2. The van der Waals surface area contributed by atoms with Gasteiger partial charge in [0, 0.05) is 18.2 Å². The summed E-state index contributed by atoms with van der Waals surface area (Å²) in [6, 6.07) is 13.3. The second-order valence-corrected chi connectivity index (χ2v) is 5.79. The summed E-state index contributed by atoms with van der Waals surface area (Å²) in [5, 5.41) is 0. The number of Topliss-reactive ketones (excluding diaryl/α,β-unsaturated/α-hetero) is 1. The molecular weight excluding hydrogens is 290 g/mol. The van der Waals surface area contributed by atoms with E-state index in [2.05, 4.69) is 0 Å². The average Bonchev–Trinajstić information content (AvgIpc) is 2.58. The van der Waals surface area contributed by atoms with Crippen molar-refractivity contribution >= 4 is 5.78 Å². The summed E-state index contributed by atoms with van der Waals surface area (Å²) in [5.41, 5.74) is 9.67. The van der Waals surface area contributed by atoms with Gasteiger partial charge in [-0.25, -0.2) is 0 Å². The molecule has 0 radical (unpaired) electrons. The molecule has 0 heterocycles. The first kappa shape index (κ1) is 15.7. The molecule has 4 nitrogen and oxygen atoms in total. The third kappa shape index (κ3) is 3.28. The van der Waals surface area contributed by atoms with Crippen molar-refractivity contribution in [3.05, 3.63) is 64.7 Å². The highest BCUT2D eigenvalue weighted by atomic mass is 16.5. The molecular formula is C19H21NO3. The zero-order valence-electron chi connectivity index (χ0n) is 13.2. The number of carbonyl (C=O) groups excluding carboxylic acids is 1. The van der Waals surface area contributed by atoms with E-state index in [1.165, 1.54) is 0 Å². The second-order valence-electron chi connectivity index (χ2n) is 5.79. The molecule has 0 amide bonds. The Morgan fingerprint density at radius 2 is 1.91 bits per heavy atom. The Bertz CT molecular complexity index is 697. The van der Waals surface area contributed by atoms with Crippen LogP contribution in [0.4, 0.5) is 0 Å². The van der Waals surface area contributed by atoms with Crippen LogP contribution in [-0.4, -0.2) is 18.9 Å². The van der Waals surface area contributed by atoms with E-state index in [9.17, 15) is 4.79 Å². The Labute approximate surface area is 136 Å². The van der Waals surface area contributed by atoms with Gasteiger partial charge in [0.25, 0.3) is 0 Å². The molecule has 4 heteroatoms. The number of hydrogen-bond acceptors (Lipinski definition) is 4. The van der Waals surface area contributed by atoms with E-state index in [0.29, 0.717) is 25.2 Å². The topological polar surface area (TPSA) is 61.6 Å². The van der Waals surface area contributed by atoms with Crippen LogP contribution < -0.4 is 10.5 Å². The van der Waals surface area contributed by atoms with E-state index >= 15 is 0 Å². The maximum Gasteiger partial charge on any atom is 0.179 e. The van der Waals surface area contributed by atoms with Crippen molar-refractivity contribution in [3.8, 4) is 5.75 Å². The molecule has 2 aromatic carbocycles. The van der Waals surface area contributed by atoms with Crippen LogP contribution in [0.15, 0.2) is 42.5 Å². The number of hydrogen-bond donors (Lipinski definition) is 1. The fourth-order valence-electron chi connectivity index (χ4n) is 2.99. The van der Waals surface area contributed by atoms with Gasteiger partial charge >= 0.3 is 0 Å². The summed E-state index contributed by atoms with van der Waals surface area (Å²) in [6.45, 7) is 0.916. The molecule has 1 unspecified atom stereocenters. The highest BCUT2D eigenvalue weighted by Crippen LogP contribution is 2.32. The second kappa shape index (κ2) is 6.94. The first-order valence-corrected chi connectivity index (χ1v) is 7.81. The molecule has 0 saturated heterocycles. The Balaban J connectivity index is 1.90. The summed E-state index contributed by atoms with van der Waals surface area (Å²) in [4.78, 5) is 12.3. The van der Waals surface area contributed by atoms with Gasteiger partial charge in [0.1, 0.15) is 12.4 Å². The molecule has 0 spiro atoms.